The fraction of sp³-hybridized carbons (Fsp3) is 0.444. The van der Waals surface area contributed by atoms with Gasteiger partial charge in [-0.25, -0.2) is 4.39 Å². The molecular formula is C18H24FN3O3. The van der Waals surface area contributed by atoms with Crippen molar-refractivity contribution in [3.8, 4) is 17.1 Å². The second-order valence-corrected chi connectivity index (χ2v) is 6.46. The molecule has 1 amide bonds. The SMILES string of the molecule is COc1cc(-c2onc(N(C)C)c2C(=O)N[C@@H](C)C(C)C)ccc1F. The number of carbonyl (C=O) groups is 1. The third-order valence-corrected chi connectivity index (χ3v) is 4.10. The molecule has 6 nitrogen and oxygen atoms in total. The summed E-state index contributed by atoms with van der Waals surface area (Å²) in [6.45, 7) is 5.99. The number of carbonyl (C=O) groups excluding carboxylic acids is 1. The number of methoxy groups -OCH3 is 1. The second-order valence-electron chi connectivity index (χ2n) is 6.46. The Bertz CT molecular complexity index is 756. The highest BCUT2D eigenvalue weighted by Gasteiger charge is 2.27. The number of ether oxygens (including phenoxy) is 1. The van der Waals surface area contributed by atoms with E-state index in [1.165, 1.54) is 25.3 Å². The highest BCUT2D eigenvalue weighted by molar-refractivity contribution is 6.04. The summed E-state index contributed by atoms with van der Waals surface area (Å²) >= 11 is 0. The molecule has 136 valence electrons. The van der Waals surface area contributed by atoms with E-state index < -0.39 is 5.82 Å². The Morgan fingerprint density at radius 2 is 2.00 bits per heavy atom. The van der Waals surface area contributed by atoms with Gasteiger partial charge in [0.1, 0.15) is 5.56 Å². The summed E-state index contributed by atoms with van der Waals surface area (Å²) in [5.74, 6) is 0.257. The molecule has 0 unspecified atom stereocenters. The standard InChI is InChI=1S/C18H24FN3O3/c1-10(2)11(3)20-18(23)15-16(25-21-17(15)22(4)5)12-7-8-13(19)14(9-12)24-6/h7-11H,1-6H3,(H,20,23)/t11-/m0/s1. The Labute approximate surface area is 146 Å². The van der Waals surface area contributed by atoms with Gasteiger partial charge in [0.2, 0.25) is 0 Å². The molecule has 1 atom stereocenters. The summed E-state index contributed by atoms with van der Waals surface area (Å²) in [5.41, 5.74) is 0.826. The summed E-state index contributed by atoms with van der Waals surface area (Å²) in [4.78, 5) is 14.5. The Balaban J connectivity index is 2.51. The number of halogens is 1. The van der Waals surface area contributed by atoms with Gasteiger partial charge < -0.3 is 19.5 Å². The van der Waals surface area contributed by atoms with Gasteiger partial charge in [0.05, 0.1) is 7.11 Å². The molecule has 0 saturated carbocycles. The molecule has 0 spiro atoms. The van der Waals surface area contributed by atoms with Gasteiger partial charge in [0.25, 0.3) is 5.91 Å². The van der Waals surface area contributed by atoms with Crippen molar-refractivity contribution in [2.75, 3.05) is 26.1 Å². The van der Waals surface area contributed by atoms with Crippen LogP contribution in [0.2, 0.25) is 0 Å². The van der Waals surface area contributed by atoms with Gasteiger partial charge in [-0.15, -0.1) is 0 Å². The van der Waals surface area contributed by atoms with Crippen molar-refractivity contribution in [2.45, 2.75) is 26.8 Å². The largest absolute Gasteiger partial charge is 0.494 e. The lowest BCUT2D eigenvalue weighted by molar-refractivity contribution is 0.0931. The lowest BCUT2D eigenvalue weighted by Gasteiger charge is -2.18. The predicted octanol–water partition coefficient (Wildman–Crippen LogP) is 3.33. The van der Waals surface area contributed by atoms with Crippen LogP contribution in [0.3, 0.4) is 0 Å². The summed E-state index contributed by atoms with van der Waals surface area (Å²) in [7, 11) is 4.93. The van der Waals surface area contributed by atoms with Gasteiger partial charge >= 0.3 is 0 Å². The van der Waals surface area contributed by atoms with Gasteiger partial charge in [-0.1, -0.05) is 19.0 Å². The van der Waals surface area contributed by atoms with Gasteiger partial charge in [0, 0.05) is 25.7 Å². The van der Waals surface area contributed by atoms with Crippen LogP contribution >= 0.6 is 0 Å². The summed E-state index contributed by atoms with van der Waals surface area (Å²) in [6, 6.07) is 4.26. The normalized spacial score (nSPS) is 12.2. The van der Waals surface area contributed by atoms with E-state index in [2.05, 4.69) is 10.5 Å². The van der Waals surface area contributed by atoms with E-state index in [0.29, 0.717) is 16.9 Å². The van der Waals surface area contributed by atoms with Crippen LogP contribution in [0.15, 0.2) is 22.7 Å². The second kappa shape index (κ2) is 7.55. The molecule has 1 aromatic carbocycles. The van der Waals surface area contributed by atoms with Crippen molar-refractivity contribution in [3.63, 3.8) is 0 Å². The minimum atomic E-state index is -0.488. The molecule has 2 aromatic rings. The number of anilines is 1. The number of hydrogen-bond donors (Lipinski definition) is 1. The number of nitrogens with zero attached hydrogens (tertiary/aromatic N) is 2. The highest BCUT2D eigenvalue weighted by atomic mass is 19.1. The van der Waals surface area contributed by atoms with Crippen molar-refractivity contribution in [2.24, 2.45) is 5.92 Å². The fourth-order valence-electron chi connectivity index (χ4n) is 2.24. The average Bonchev–Trinajstić information content (AvgIpc) is 3.00. The molecule has 0 radical (unpaired) electrons. The van der Waals surface area contributed by atoms with Crippen LogP contribution in [0.4, 0.5) is 10.2 Å². The molecule has 1 heterocycles. The zero-order chi connectivity index (χ0) is 18.7. The van der Waals surface area contributed by atoms with E-state index in [-0.39, 0.29) is 29.4 Å². The number of benzene rings is 1. The number of nitrogens with one attached hydrogen (secondary N) is 1. The minimum Gasteiger partial charge on any atom is -0.494 e. The Hall–Kier alpha value is -2.57. The number of amides is 1. The predicted molar refractivity (Wildman–Crippen MR) is 94.5 cm³/mol. The molecule has 25 heavy (non-hydrogen) atoms. The molecule has 1 aromatic heterocycles. The molecule has 2 rings (SSSR count). The van der Waals surface area contributed by atoms with Gasteiger partial charge in [-0.05, 0) is 31.0 Å². The third kappa shape index (κ3) is 3.92. The summed E-state index contributed by atoms with van der Waals surface area (Å²) in [6.07, 6.45) is 0. The zero-order valence-corrected chi connectivity index (χ0v) is 15.4. The highest BCUT2D eigenvalue weighted by Crippen LogP contribution is 2.33. The molecule has 0 aliphatic heterocycles. The van der Waals surface area contributed by atoms with E-state index in [9.17, 15) is 9.18 Å². The van der Waals surface area contributed by atoms with E-state index >= 15 is 0 Å². The zero-order valence-electron chi connectivity index (χ0n) is 15.4. The van der Waals surface area contributed by atoms with E-state index in [1.54, 1.807) is 19.0 Å². The maximum absolute atomic E-state index is 13.7. The monoisotopic (exact) mass is 349 g/mol. The maximum Gasteiger partial charge on any atom is 0.259 e. The first-order valence-electron chi connectivity index (χ1n) is 8.08. The first kappa shape index (κ1) is 18.8. The van der Waals surface area contributed by atoms with Crippen molar-refractivity contribution in [1.82, 2.24) is 10.5 Å². The molecule has 1 N–H and O–H groups in total. The van der Waals surface area contributed by atoms with Crippen molar-refractivity contribution < 1.29 is 18.4 Å². The molecule has 0 fully saturated rings. The Morgan fingerprint density at radius 3 is 2.56 bits per heavy atom. The van der Waals surface area contributed by atoms with Crippen LogP contribution in [-0.2, 0) is 0 Å². The van der Waals surface area contributed by atoms with Crippen LogP contribution in [0.5, 0.6) is 5.75 Å². The van der Waals surface area contributed by atoms with Gasteiger partial charge in [-0.3, -0.25) is 4.79 Å². The number of rotatable bonds is 6. The fourth-order valence-corrected chi connectivity index (χ4v) is 2.24. The van der Waals surface area contributed by atoms with Crippen LogP contribution in [0.1, 0.15) is 31.1 Å². The smallest absolute Gasteiger partial charge is 0.259 e. The van der Waals surface area contributed by atoms with Crippen LogP contribution in [0, 0.1) is 11.7 Å². The van der Waals surface area contributed by atoms with Crippen molar-refractivity contribution >= 4 is 11.7 Å². The Morgan fingerprint density at radius 1 is 1.32 bits per heavy atom. The minimum absolute atomic E-state index is 0.0204. The first-order chi connectivity index (χ1) is 11.8. The van der Waals surface area contributed by atoms with Crippen LogP contribution in [-0.4, -0.2) is 38.3 Å². The summed E-state index contributed by atoms with van der Waals surface area (Å²) < 4.78 is 24.1. The lowest BCUT2D eigenvalue weighted by atomic mass is 10.0. The molecule has 0 aliphatic rings. The topological polar surface area (TPSA) is 67.6 Å². The van der Waals surface area contributed by atoms with Crippen molar-refractivity contribution in [1.29, 1.82) is 0 Å². The lowest BCUT2D eigenvalue weighted by Crippen LogP contribution is -2.36. The quantitative estimate of drug-likeness (QED) is 0.866. The third-order valence-electron chi connectivity index (χ3n) is 4.10. The number of hydrogen-bond acceptors (Lipinski definition) is 5. The van der Waals surface area contributed by atoms with Gasteiger partial charge in [0.15, 0.2) is 23.1 Å². The number of aromatic nitrogens is 1. The van der Waals surface area contributed by atoms with Gasteiger partial charge in [-0.2, -0.15) is 0 Å². The van der Waals surface area contributed by atoms with E-state index in [0.717, 1.165) is 0 Å². The average molecular weight is 349 g/mol. The summed E-state index contributed by atoms with van der Waals surface area (Å²) in [5, 5.41) is 6.95. The first-order valence-corrected chi connectivity index (χ1v) is 8.08. The molecule has 7 heteroatoms. The van der Waals surface area contributed by atoms with E-state index in [1.807, 2.05) is 20.8 Å². The van der Waals surface area contributed by atoms with Crippen molar-refractivity contribution in [3.05, 3.63) is 29.6 Å². The van der Waals surface area contributed by atoms with E-state index in [4.69, 9.17) is 9.26 Å². The molecule has 0 saturated heterocycles. The molecule has 0 bridgehead atoms. The Kier molecular flexibility index (Phi) is 5.66. The molecule has 0 aliphatic carbocycles. The van der Waals surface area contributed by atoms with Crippen LogP contribution in [0.25, 0.3) is 11.3 Å². The maximum atomic E-state index is 13.7. The van der Waals surface area contributed by atoms with Crippen LogP contribution < -0.4 is 15.0 Å². The molecular weight excluding hydrogens is 325 g/mol.